The number of amides is 2. The van der Waals surface area contributed by atoms with Crippen molar-refractivity contribution in [1.82, 2.24) is 21.0 Å². The minimum atomic E-state index is -0.368. The Morgan fingerprint density at radius 1 is 1.07 bits per heavy atom. The molecule has 1 aromatic heterocycles. The molecule has 0 bridgehead atoms. The minimum absolute atomic E-state index is 0.0962. The van der Waals surface area contributed by atoms with Crippen LogP contribution in [0.25, 0.3) is 11.4 Å². The molecule has 0 saturated carbocycles. The van der Waals surface area contributed by atoms with Gasteiger partial charge < -0.3 is 9.26 Å². The van der Waals surface area contributed by atoms with Gasteiger partial charge in [-0.2, -0.15) is 4.98 Å². The average Bonchev–Trinajstić information content (AvgIpc) is 3.21. The summed E-state index contributed by atoms with van der Waals surface area (Å²) in [7, 11) is 0. The number of hydrazine groups is 1. The Bertz CT molecular complexity index is 982. The van der Waals surface area contributed by atoms with Crippen LogP contribution < -0.4 is 15.6 Å². The van der Waals surface area contributed by atoms with Gasteiger partial charge in [0, 0.05) is 24.0 Å². The summed E-state index contributed by atoms with van der Waals surface area (Å²) in [6.45, 7) is 4.34. The van der Waals surface area contributed by atoms with E-state index in [1.165, 1.54) is 0 Å². The molecule has 0 aliphatic heterocycles. The first-order chi connectivity index (χ1) is 14.1. The number of nitrogens with zero attached hydrogens (tertiary/aromatic N) is 2. The van der Waals surface area contributed by atoms with Crippen molar-refractivity contribution in [2.75, 3.05) is 6.61 Å². The van der Waals surface area contributed by atoms with Gasteiger partial charge in [-0.25, -0.2) is 0 Å². The molecule has 0 aliphatic rings. The molecule has 3 aromatic rings. The molecule has 1 heterocycles. The maximum atomic E-state index is 12.1. The normalized spacial score (nSPS) is 10.4. The second-order valence-electron chi connectivity index (χ2n) is 6.29. The fourth-order valence-corrected chi connectivity index (χ4v) is 2.65. The molecule has 0 unspecified atom stereocenters. The summed E-state index contributed by atoms with van der Waals surface area (Å²) in [6, 6.07) is 14.5. The van der Waals surface area contributed by atoms with E-state index in [9.17, 15) is 9.59 Å². The fraction of sp³-hybridized carbons (Fsp3) is 0.238. The van der Waals surface area contributed by atoms with Crippen LogP contribution in [0.1, 0.15) is 35.2 Å². The lowest BCUT2D eigenvalue weighted by atomic mass is 10.1. The van der Waals surface area contributed by atoms with Gasteiger partial charge in [0.25, 0.3) is 5.91 Å². The van der Waals surface area contributed by atoms with Crippen molar-refractivity contribution in [2.45, 2.75) is 26.7 Å². The van der Waals surface area contributed by atoms with Crippen molar-refractivity contribution in [1.29, 1.82) is 0 Å². The smallest absolute Gasteiger partial charge is 0.269 e. The molecule has 0 aliphatic carbocycles. The summed E-state index contributed by atoms with van der Waals surface area (Å²) in [5.41, 5.74) is 6.92. The summed E-state index contributed by atoms with van der Waals surface area (Å²) in [5, 5.41) is 3.94. The zero-order valence-corrected chi connectivity index (χ0v) is 16.3. The molecule has 3 rings (SSSR count). The number of aryl methyl sites for hydroxylation is 2. The number of carbonyl (C=O) groups excluding carboxylic acids is 2. The zero-order chi connectivity index (χ0) is 20.6. The van der Waals surface area contributed by atoms with Crippen molar-refractivity contribution in [3.63, 3.8) is 0 Å². The minimum Gasteiger partial charge on any atom is -0.494 e. The molecule has 2 amide bonds. The van der Waals surface area contributed by atoms with Gasteiger partial charge in [-0.3, -0.25) is 20.4 Å². The van der Waals surface area contributed by atoms with E-state index in [1.807, 2.05) is 50.2 Å². The fourth-order valence-electron chi connectivity index (χ4n) is 2.65. The highest BCUT2D eigenvalue weighted by Gasteiger charge is 2.12. The van der Waals surface area contributed by atoms with Gasteiger partial charge in [-0.1, -0.05) is 23.4 Å². The lowest BCUT2D eigenvalue weighted by Gasteiger charge is -2.08. The van der Waals surface area contributed by atoms with Crippen LogP contribution in [-0.2, 0) is 11.2 Å². The van der Waals surface area contributed by atoms with Gasteiger partial charge in [0.15, 0.2) is 0 Å². The van der Waals surface area contributed by atoms with Crippen molar-refractivity contribution in [2.24, 2.45) is 0 Å². The van der Waals surface area contributed by atoms with E-state index >= 15 is 0 Å². The molecule has 2 N–H and O–H groups in total. The third-order valence-electron chi connectivity index (χ3n) is 4.16. The highest BCUT2D eigenvalue weighted by atomic mass is 16.5. The summed E-state index contributed by atoms with van der Waals surface area (Å²) in [5.74, 6) is 0.828. The first kappa shape index (κ1) is 20.1. The van der Waals surface area contributed by atoms with Crippen LogP contribution in [0, 0.1) is 6.92 Å². The van der Waals surface area contributed by atoms with Crippen LogP contribution in [0.2, 0.25) is 0 Å². The number of hydrogen-bond acceptors (Lipinski definition) is 6. The van der Waals surface area contributed by atoms with E-state index in [0.29, 0.717) is 23.9 Å². The quantitative estimate of drug-likeness (QED) is 0.597. The number of hydrogen-bond donors (Lipinski definition) is 2. The molecule has 0 radical (unpaired) electrons. The van der Waals surface area contributed by atoms with E-state index in [0.717, 1.165) is 16.9 Å². The van der Waals surface area contributed by atoms with Gasteiger partial charge in [0.05, 0.1) is 6.61 Å². The lowest BCUT2D eigenvalue weighted by molar-refractivity contribution is -0.121. The van der Waals surface area contributed by atoms with Gasteiger partial charge in [-0.15, -0.1) is 0 Å². The first-order valence-electron chi connectivity index (χ1n) is 9.27. The molecular formula is C21H22N4O4. The number of rotatable bonds is 7. The van der Waals surface area contributed by atoms with E-state index in [2.05, 4.69) is 21.0 Å². The van der Waals surface area contributed by atoms with Crippen LogP contribution in [0.4, 0.5) is 0 Å². The van der Waals surface area contributed by atoms with Crippen molar-refractivity contribution in [3.05, 3.63) is 65.5 Å². The Morgan fingerprint density at radius 2 is 1.83 bits per heavy atom. The molecule has 0 spiro atoms. The molecule has 29 heavy (non-hydrogen) atoms. The third-order valence-corrected chi connectivity index (χ3v) is 4.16. The Hall–Kier alpha value is -3.68. The van der Waals surface area contributed by atoms with Gasteiger partial charge in [0.1, 0.15) is 5.75 Å². The largest absolute Gasteiger partial charge is 0.494 e. The summed E-state index contributed by atoms with van der Waals surface area (Å²) in [6.07, 6.45) is 0.356. The second-order valence-corrected chi connectivity index (χ2v) is 6.29. The Balaban J connectivity index is 1.48. The number of aromatic nitrogens is 2. The lowest BCUT2D eigenvalue weighted by Crippen LogP contribution is -2.41. The van der Waals surface area contributed by atoms with E-state index in [-0.39, 0.29) is 24.7 Å². The predicted octanol–water partition coefficient (Wildman–Crippen LogP) is 2.84. The standard InChI is InChI=1S/C21H22N4O4/c1-3-28-16-10-8-15(9-11-16)20-22-19(29-25-20)13-12-18(26)23-24-21(27)17-7-5-4-6-14(17)2/h4-11H,3,12-13H2,1-2H3,(H,23,26)(H,24,27). The Morgan fingerprint density at radius 3 is 2.55 bits per heavy atom. The molecule has 8 nitrogen and oxygen atoms in total. The van der Waals surface area contributed by atoms with Crippen LogP contribution in [0.15, 0.2) is 53.1 Å². The summed E-state index contributed by atoms with van der Waals surface area (Å²) >= 11 is 0. The maximum Gasteiger partial charge on any atom is 0.269 e. The second kappa shape index (κ2) is 9.50. The molecule has 2 aromatic carbocycles. The molecule has 8 heteroatoms. The monoisotopic (exact) mass is 394 g/mol. The molecule has 0 fully saturated rings. The number of carbonyl (C=O) groups is 2. The van der Waals surface area contributed by atoms with Crippen LogP contribution in [0.5, 0.6) is 5.75 Å². The van der Waals surface area contributed by atoms with Crippen molar-refractivity contribution >= 4 is 11.8 Å². The van der Waals surface area contributed by atoms with Gasteiger partial charge in [0.2, 0.25) is 17.6 Å². The SMILES string of the molecule is CCOc1ccc(-c2noc(CCC(=O)NNC(=O)c3ccccc3C)n2)cc1. The Labute approximate surface area is 168 Å². The van der Waals surface area contributed by atoms with Crippen molar-refractivity contribution in [3.8, 4) is 17.1 Å². The molecule has 0 atom stereocenters. The summed E-state index contributed by atoms with van der Waals surface area (Å²) < 4.78 is 10.6. The number of benzene rings is 2. The Kier molecular flexibility index (Phi) is 6.57. The van der Waals surface area contributed by atoms with Crippen LogP contribution >= 0.6 is 0 Å². The highest BCUT2D eigenvalue weighted by Crippen LogP contribution is 2.20. The summed E-state index contributed by atoms with van der Waals surface area (Å²) in [4.78, 5) is 28.4. The topological polar surface area (TPSA) is 106 Å². The van der Waals surface area contributed by atoms with E-state index < -0.39 is 0 Å². The van der Waals surface area contributed by atoms with Crippen molar-refractivity contribution < 1.29 is 18.8 Å². The van der Waals surface area contributed by atoms with Gasteiger partial charge in [-0.05, 0) is 49.7 Å². The number of ether oxygens (including phenoxy) is 1. The average molecular weight is 394 g/mol. The molecular weight excluding hydrogens is 372 g/mol. The zero-order valence-electron chi connectivity index (χ0n) is 16.3. The third kappa shape index (κ3) is 5.41. The highest BCUT2D eigenvalue weighted by molar-refractivity contribution is 5.96. The first-order valence-corrected chi connectivity index (χ1v) is 9.27. The molecule has 150 valence electrons. The maximum absolute atomic E-state index is 12.1. The number of nitrogens with one attached hydrogen (secondary N) is 2. The van der Waals surface area contributed by atoms with Crippen LogP contribution in [0.3, 0.4) is 0 Å². The van der Waals surface area contributed by atoms with E-state index in [1.54, 1.807) is 12.1 Å². The van der Waals surface area contributed by atoms with Crippen LogP contribution in [-0.4, -0.2) is 28.6 Å². The predicted molar refractivity (Wildman–Crippen MR) is 106 cm³/mol. The van der Waals surface area contributed by atoms with Gasteiger partial charge >= 0.3 is 0 Å². The molecule has 0 saturated heterocycles. The van der Waals surface area contributed by atoms with E-state index in [4.69, 9.17) is 9.26 Å².